The Morgan fingerprint density at radius 1 is 1.00 bits per heavy atom. The zero-order valence-corrected chi connectivity index (χ0v) is 11.3. The molecule has 0 saturated heterocycles. The van der Waals surface area contributed by atoms with Gasteiger partial charge in [0.1, 0.15) is 5.82 Å². The fraction of sp³-hybridized carbons (Fsp3) is 0.600. The van der Waals surface area contributed by atoms with Crippen molar-refractivity contribution in [3.05, 3.63) is 35.6 Å². The van der Waals surface area contributed by atoms with E-state index in [1.807, 2.05) is 12.1 Å². The average Bonchev–Trinajstić information content (AvgIpc) is 2.39. The van der Waals surface area contributed by atoms with Crippen LogP contribution >= 0.6 is 0 Å². The van der Waals surface area contributed by atoms with E-state index in [2.05, 4.69) is 5.32 Å². The summed E-state index contributed by atoms with van der Waals surface area (Å²) >= 11 is 0. The van der Waals surface area contributed by atoms with E-state index in [4.69, 9.17) is 4.74 Å². The van der Waals surface area contributed by atoms with Crippen LogP contribution in [0.1, 0.15) is 31.2 Å². The third-order valence-electron chi connectivity index (χ3n) is 2.97. The monoisotopic (exact) mass is 253 g/mol. The van der Waals surface area contributed by atoms with E-state index >= 15 is 0 Å². The molecule has 3 heteroatoms. The number of rotatable bonds is 10. The topological polar surface area (TPSA) is 21.3 Å². The summed E-state index contributed by atoms with van der Waals surface area (Å²) in [6.45, 7) is 2.79. The highest BCUT2D eigenvalue weighted by atomic mass is 19.1. The second-order valence-electron chi connectivity index (χ2n) is 4.53. The van der Waals surface area contributed by atoms with Crippen molar-refractivity contribution in [2.75, 3.05) is 26.8 Å². The SMILES string of the molecule is COCCNCCCCCCc1ccc(F)cc1. The standard InChI is InChI=1S/C15H24FNO/c1-18-13-12-17-11-5-3-2-4-6-14-7-9-15(16)10-8-14/h7-10,17H,2-6,11-13H2,1H3. The van der Waals surface area contributed by atoms with Crippen LogP contribution in [0.4, 0.5) is 4.39 Å². The van der Waals surface area contributed by atoms with Crippen molar-refractivity contribution in [1.29, 1.82) is 0 Å². The van der Waals surface area contributed by atoms with E-state index in [0.29, 0.717) is 0 Å². The molecule has 1 aromatic carbocycles. The Bertz CT molecular complexity index is 300. The molecular formula is C15H24FNO. The molecule has 0 fully saturated rings. The molecular weight excluding hydrogens is 229 g/mol. The van der Waals surface area contributed by atoms with Gasteiger partial charge in [0.05, 0.1) is 6.61 Å². The molecule has 0 aliphatic carbocycles. The lowest BCUT2D eigenvalue weighted by molar-refractivity contribution is 0.199. The van der Waals surface area contributed by atoms with E-state index in [1.54, 1.807) is 7.11 Å². The Kier molecular flexibility index (Phi) is 8.43. The fourth-order valence-electron chi connectivity index (χ4n) is 1.88. The first-order valence-corrected chi connectivity index (χ1v) is 6.77. The van der Waals surface area contributed by atoms with Crippen LogP contribution in [0.5, 0.6) is 0 Å². The molecule has 1 N–H and O–H groups in total. The van der Waals surface area contributed by atoms with Gasteiger partial charge in [-0.25, -0.2) is 4.39 Å². The first-order chi connectivity index (χ1) is 8.83. The summed E-state index contributed by atoms with van der Waals surface area (Å²) < 4.78 is 17.6. The number of methoxy groups -OCH3 is 1. The molecule has 0 aliphatic rings. The van der Waals surface area contributed by atoms with Gasteiger partial charge in [-0.1, -0.05) is 25.0 Å². The summed E-state index contributed by atoms with van der Waals surface area (Å²) in [7, 11) is 1.72. The number of unbranched alkanes of at least 4 members (excludes halogenated alkanes) is 3. The number of hydrogen-bond donors (Lipinski definition) is 1. The van der Waals surface area contributed by atoms with Crippen LogP contribution in [0.2, 0.25) is 0 Å². The lowest BCUT2D eigenvalue weighted by Gasteiger charge is -2.04. The molecule has 0 bridgehead atoms. The molecule has 0 aliphatic heterocycles. The van der Waals surface area contributed by atoms with Crippen LogP contribution < -0.4 is 5.32 Å². The minimum atomic E-state index is -0.152. The van der Waals surface area contributed by atoms with Gasteiger partial charge >= 0.3 is 0 Å². The Labute approximate surface area is 110 Å². The lowest BCUT2D eigenvalue weighted by Crippen LogP contribution is -2.20. The average molecular weight is 253 g/mol. The minimum Gasteiger partial charge on any atom is -0.383 e. The first-order valence-electron chi connectivity index (χ1n) is 6.77. The Balaban J connectivity index is 1.91. The molecule has 0 saturated carbocycles. The smallest absolute Gasteiger partial charge is 0.123 e. The summed E-state index contributed by atoms with van der Waals surface area (Å²) in [6.07, 6.45) is 5.94. The van der Waals surface area contributed by atoms with Gasteiger partial charge in [-0.2, -0.15) is 0 Å². The van der Waals surface area contributed by atoms with E-state index in [1.165, 1.54) is 43.4 Å². The Morgan fingerprint density at radius 3 is 2.44 bits per heavy atom. The van der Waals surface area contributed by atoms with Crippen molar-refractivity contribution in [2.24, 2.45) is 0 Å². The number of halogens is 1. The number of aryl methyl sites for hydroxylation is 1. The van der Waals surface area contributed by atoms with E-state index in [9.17, 15) is 4.39 Å². The summed E-state index contributed by atoms with van der Waals surface area (Å²) in [5.74, 6) is -0.152. The van der Waals surface area contributed by atoms with Gasteiger partial charge in [-0.15, -0.1) is 0 Å². The zero-order chi connectivity index (χ0) is 13.1. The number of nitrogens with one attached hydrogen (secondary N) is 1. The van der Waals surface area contributed by atoms with Crippen LogP contribution in [0.3, 0.4) is 0 Å². The summed E-state index contributed by atoms with van der Waals surface area (Å²) in [5, 5.41) is 3.33. The van der Waals surface area contributed by atoms with Gasteiger partial charge in [-0.3, -0.25) is 0 Å². The highest BCUT2D eigenvalue weighted by Gasteiger charge is 1.95. The molecule has 0 heterocycles. The van der Waals surface area contributed by atoms with Crippen molar-refractivity contribution in [3.63, 3.8) is 0 Å². The molecule has 0 amide bonds. The summed E-state index contributed by atoms with van der Waals surface area (Å²) in [5.41, 5.74) is 1.23. The van der Waals surface area contributed by atoms with Gasteiger partial charge in [-0.05, 0) is 43.5 Å². The normalized spacial score (nSPS) is 10.8. The van der Waals surface area contributed by atoms with Crippen molar-refractivity contribution < 1.29 is 9.13 Å². The summed E-state index contributed by atoms with van der Waals surface area (Å²) in [6, 6.07) is 6.83. The molecule has 0 radical (unpaired) electrons. The molecule has 102 valence electrons. The van der Waals surface area contributed by atoms with Gasteiger partial charge < -0.3 is 10.1 Å². The predicted molar refractivity (Wildman–Crippen MR) is 73.3 cm³/mol. The molecule has 1 aromatic rings. The number of hydrogen-bond acceptors (Lipinski definition) is 2. The quantitative estimate of drug-likeness (QED) is 0.647. The van der Waals surface area contributed by atoms with Gasteiger partial charge in [0.2, 0.25) is 0 Å². The van der Waals surface area contributed by atoms with Crippen LogP contribution in [0.15, 0.2) is 24.3 Å². The van der Waals surface area contributed by atoms with Crippen molar-refractivity contribution in [2.45, 2.75) is 32.1 Å². The van der Waals surface area contributed by atoms with Crippen molar-refractivity contribution in [3.8, 4) is 0 Å². The van der Waals surface area contributed by atoms with Gasteiger partial charge in [0.15, 0.2) is 0 Å². The maximum atomic E-state index is 12.7. The highest BCUT2D eigenvalue weighted by molar-refractivity contribution is 5.15. The van der Waals surface area contributed by atoms with E-state index in [-0.39, 0.29) is 5.82 Å². The maximum Gasteiger partial charge on any atom is 0.123 e. The second-order valence-corrected chi connectivity index (χ2v) is 4.53. The zero-order valence-electron chi connectivity index (χ0n) is 11.3. The maximum absolute atomic E-state index is 12.7. The molecule has 0 unspecified atom stereocenters. The predicted octanol–water partition coefficient (Wildman–Crippen LogP) is 3.16. The van der Waals surface area contributed by atoms with Crippen LogP contribution in [-0.2, 0) is 11.2 Å². The molecule has 18 heavy (non-hydrogen) atoms. The third kappa shape index (κ3) is 7.41. The van der Waals surface area contributed by atoms with Gasteiger partial charge in [0.25, 0.3) is 0 Å². The lowest BCUT2D eigenvalue weighted by atomic mass is 10.1. The number of benzene rings is 1. The number of ether oxygens (including phenoxy) is 1. The van der Waals surface area contributed by atoms with Crippen LogP contribution in [-0.4, -0.2) is 26.8 Å². The second kappa shape index (κ2) is 10.0. The minimum absolute atomic E-state index is 0.152. The molecule has 0 atom stereocenters. The van der Waals surface area contributed by atoms with Crippen LogP contribution in [0.25, 0.3) is 0 Å². The Morgan fingerprint density at radius 2 is 1.72 bits per heavy atom. The fourth-order valence-corrected chi connectivity index (χ4v) is 1.88. The van der Waals surface area contributed by atoms with E-state index in [0.717, 1.165) is 26.1 Å². The Hall–Kier alpha value is -0.930. The van der Waals surface area contributed by atoms with Crippen molar-refractivity contribution in [1.82, 2.24) is 5.32 Å². The molecule has 2 nitrogen and oxygen atoms in total. The van der Waals surface area contributed by atoms with E-state index < -0.39 is 0 Å². The third-order valence-corrected chi connectivity index (χ3v) is 2.97. The summed E-state index contributed by atoms with van der Waals surface area (Å²) in [4.78, 5) is 0. The molecule has 0 spiro atoms. The van der Waals surface area contributed by atoms with Gasteiger partial charge in [0, 0.05) is 13.7 Å². The highest BCUT2D eigenvalue weighted by Crippen LogP contribution is 2.08. The van der Waals surface area contributed by atoms with Crippen LogP contribution in [0, 0.1) is 5.82 Å². The molecule has 0 aromatic heterocycles. The largest absolute Gasteiger partial charge is 0.383 e. The first kappa shape index (κ1) is 15.1. The molecule has 1 rings (SSSR count). The van der Waals surface area contributed by atoms with Crippen molar-refractivity contribution >= 4 is 0 Å².